The van der Waals surface area contributed by atoms with Crippen LogP contribution < -0.4 is 0 Å². The standard InChI is InChI=1S/C16H23NOS/c1-2-8-17(7-1)9-11-18-10-5-14-3-4-16-15(13-14)6-12-19-16/h3-4,13H,1-2,5-12H2. The Hall–Kier alpha value is -0.510. The Bertz CT molecular complexity index is 415. The van der Waals surface area contributed by atoms with Crippen LogP contribution in [0.25, 0.3) is 0 Å². The molecule has 3 heteroatoms. The molecule has 0 spiro atoms. The number of fused-ring (bicyclic) bond motifs is 1. The summed E-state index contributed by atoms with van der Waals surface area (Å²) in [5.74, 6) is 1.26. The summed E-state index contributed by atoms with van der Waals surface area (Å²) in [4.78, 5) is 3.99. The van der Waals surface area contributed by atoms with Crippen LogP contribution in [0.15, 0.2) is 23.1 Å². The Kier molecular flexibility index (Phi) is 4.81. The molecule has 0 unspecified atom stereocenters. The Morgan fingerprint density at radius 3 is 2.95 bits per heavy atom. The molecule has 2 aliphatic rings. The summed E-state index contributed by atoms with van der Waals surface area (Å²) in [6.45, 7) is 5.40. The van der Waals surface area contributed by atoms with Crippen LogP contribution in [0.5, 0.6) is 0 Å². The second-order valence-electron chi connectivity index (χ2n) is 5.45. The zero-order valence-corrected chi connectivity index (χ0v) is 12.4. The van der Waals surface area contributed by atoms with Crippen LogP contribution in [0.1, 0.15) is 24.0 Å². The van der Waals surface area contributed by atoms with Gasteiger partial charge in [-0.15, -0.1) is 11.8 Å². The molecule has 0 bridgehead atoms. The maximum Gasteiger partial charge on any atom is 0.0593 e. The minimum atomic E-state index is 0.861. The summed E-state index contributed by atoms with van der Waals surface area (Å²) < 4.78 is 5.77. The minimum Gasteiger partial charge on any atom is -0.380 e. The van der Waals surface area contributed by atoms with E-state index in [1.165, 1.54) is 48.6 Å². The lowest BCUT2D eigenvalue weighted by Crippen LogP contribution is -2.24. The van der Waals surface area contributed by atoms with Gasteiger partial charge in [0.25, 0.3) is 0 Å². The van der Waals surface area contributed by atoms with E-state index in [0.717, 1.165) is 26.2 Å². The van der Waals surface area contributed by atoms with E-state index >= 15 is 0 Å². The van der Waals surface area contributed by atoms with E-state index in [2.05, 4.69) is 23.1 Å². The molecular weight excluding hydrogens is 254 g/mol. The summed E-state index contributed by atoms with van der Waals surface area (Å²) in [6.07, 6.45) is 5.03. The fourth-order valence-electron chi connectivity index (χ4n) is 2.89. The first-order valence-corrected chi connectivity index (χ1v) is 8.45. The molecule has 1 aromatic carbocycles. The predicted molar refractivity (Wildman–Crippen MR) is 81.1 cm³/mol. The lowest BCUT2D eigenvalue weighted by atomic mass is 10.1. The molecule has 2 nitrogen and oxygen atoms in total. The molecule has 1 aromatic rings. The molecule has 1 saturated heterocycles. The Morgan fingerprint density at radius 2 is 2.05 bits per heavy atom. The Morgan fingerprint density at radius 1 is 1.16 bits per heavy atom. The molecule has 0 atom stereocenters. The van der Waals surface area contributed by atoms with Gasteiger partial charge < -0.3 is 9.64 Å². The van der Waals surface area contributed by atoms with E-state index in [1.54, 1.807) is 5.56 Å². The van der Waals surface area contributed by atoms with E-state index < -0.39 is 0 Å². The number of hydrogen-bond acceptors (Lipinski definition) is 3. The minimum absolute atomic E-state index is 0.861. The van der Waals surface area contributed by atoms with Crippen molar-refractivity contribution < 1.29 is 4.74 Å². The van der Waals surface area contributed by atoms with Crippen molar-refractivity contribution in [1.82, 2.24) is 4.90 Å². The van der Waals surface area contributed by atoms with Crippen molar-refractivity contribution in [3.63, 3.8) is 0 Å². The summed E-state index contributed by atoms with van der Waals surface area (Å²) >= 11 is 1.99. The van der Waals surface area contributed by atoms with Crippen LogP contribution in [0.4, 0.5) is 0 Å². The molecule has 0 radical (unpaired) electrons. The molecule has 0 saturated carbocycles. The molecular formula is C16H23NOS. The topological polar surface area (TPSA) is 12.5 Å². The van der Waals surface area contributed by atoms with Gasteiger partial charge in [0, 0.05) is 17.2 Å². The van der Waals surface area contributed by atoms with Gasteiger partial charge >= 0.3 is 0 Å². The van der Waals surface area contributed by atoms with Crippen LogP contribution in [0.3, 0.4) is 0 Å². The Balaban J connectivity index is 1.35. The molecule has 104 valence electrons. The van der Waals surface area contributed by atoms with Crippen molar-refractivity contribution in [2.45, 2.75) is 30.6 Å². The van der Waals surface area contributed by atoms with Crippen molar-refractivity contribution in [1.29, 1.82) is 0 Å². The van der Waals surface area contributed by atoms with Gasteiger partial charge in [-0.05, 0) is 56.0 Å². The van der Waals surface area contributed by atoms with Crippen LogP contribution in [-0.4, -0.2) is 43.5 Å². The molecule has 2 aliphatic heterocycles. The van der Waals surface area contributed by atoms with E-state index in [1.807, 2.05) is 11.8 Å². The van der Waals surface area contributed by atoms with Crippen LogP contribution in [-0.2, 0) is 17.6 Å². The number of likely N-dealkylation sites (tertiary alicyclic amines) is 1. The van der Waals surface area contributed by atoms with E-state index in [0.29, 0.717) is 0 Å². The van der Waals surface area contributed by atoms with Gasteiger partial charge in [-0.3, -0.25) is 0 Å². The SMILES string of the molecule is c1cc2c(cc1CCOCCN1CCCC1)CCS2. The highest BCUT2D eigenvalue weighted by atomic mass is 32.2. The summed E-state index contributed by atoms with van der Waals surface area (Å²) in [5, 5.41) is 0. The van der Waals surface area contributed by atoms with Gasteiger partial charge in [0.05, 0.1) is 13.2 Å². The normalized spacial score (nSPS) is 18.9. The quantitative estimate of drug-likeness (QED) is 0.742. The van der Waals surface area contributed by atoms with Gasteiger partial charge in [-0.1, -0.05) is 12.1 Å². The predicted octanol–water partition coefficient (Wildman–Crippen LogP) is 2.99. The first-order chi connectivity index (χ1) is 9.42. The first-order valence-electron chi connectivity index (χ1n) is 7.46. The molecule has 0 amide bonds. The van der Waals surface area contributed by atoms with Gasteiger partial charge in [0.2, 0.25) is 0 Å². The van der Waals surface area contributed by atoms with Crippen LogP contribution in [0, 0.1) is 0 Å². The highest BCUT2D eigenvalue weighted by molar-refractivity contribution is 7.99. The highest BCUT2D eigenvalue weighted by Gasteiger charge is 2.12. The molecule has 3 rings (SSSR count). The average Bonchev–Trinajstić information content (AvgIpc) is 3.08. The third-order valence-corrected chi connectivity index (χ3v) is 5.16. The van der Waals surface area contributed by atoms with E-state index in [-0.39, 0.29) is 0 Å². The van der Waals surface area contributed by atoms with Crippen molar-refractivity contribution in [2.75, 3.05) is 38.6 Å². The maximum atomic E-state index is 5.77. The van der Waals surface area contributed by atoms with Crippen molar-refractivity contribution >= 4 is 11.8 Å². The highest BCUT2D eigenvalue weighted by Crippen LogP contribution is 2.31. The zero-order chi connectivity index (χ0) is 12.9. The zero-order valence-electron chi connectivity index (χ0n) is 11.6. The fraction of sp³-hybridized carbons (Fsp3) is 0.625. The van der Waals surface area contributed by atoms with E-state index in [9.17, 15) is 0 Å². The van der Waals surface area contributed by atoms with Gasteiger partial charge in [0.1, 0.15) is 0 Å². The van der Waals surface area contributed by atoms with Crippen LogP contribution in [0.2, 0.25) is 0 Å². The fourth-order valence-corrected chi connectivity index (χ4v) is 3.94. The number of rotatable bonds is 6. The Labute approximate surface area is 120 Å². The van der Waals surface area contributed by atoms with Crippen molar-refractivity contribution in [2.24, 2.45) is 0 Å². The van der Waals surface area contributed by atoms with E-state index in [4.69, 9.17) is 4.74 Å². The average molecular weight is 277 g/mol. The number of hydrogen-bond donors (Lipinski definition) is 0. The maximum absolute atomic E-state index is 5.77. The molecule has 0 N–H and O–H groups in total. The second-order valence-corrected chi connectivity index (χ2v) is 6.59. The smallest absolute Gasteiger partial charge is 0.0593 e. The monoisotopic (exact) mass is 277 g/mol. The molecule has 0 aliphatic carbocycles. The lowest BCUT2D eigenvalue weighted by Gasteiger charge is -2.14. The first kappa shape index (κ1) is 13.5. The molecule has 19 heavy (non-hydrogen) atoms. The second kappa shape index (κ2) is 6.78. The van der Waals surface area contributed by atoms with Crippen molar-refractivity contribution in [3.05, 3.63) is 29.3 Å². The van der Waals surface area contributed by atoms with Crippen LogP contribution >= 0.6 is 11.8 Å². The third-order valence-electron chi connectivity index (χ3n) is 4.04. The van der Waals surface area contributed by atoms with Gasteiger partial charge in [-0.25, -0.2) is 0 Å². The van der Waals surface area contributed by atoms with Gasteiger partial charge in [-0.2, -0.15) is 0 Å². The number of aryl methyl sites for hydroxylation is 1. The van der Waals surface area contributed by atoms with Gasteiger partial charge in [0.15, 0.2) is 0 Å². The number of benzene rings is 1. The van der Waals surface area contributed by atoms with Crippen molar-refractivity contribution in [3.8, 4) is 0 Å². The largest absolute Gasteiger partial charge is 0.380 e. The third kappa shape index (κ3) is 3.74. The number of nitrogens with zero attached hydrogens (tertiary/aromatic N) is 1. The summed E-state index contributed by atoms with van der Waals surface area (Å²) in [6, 6.07) is 6.92. The lowest BCUT2D eigenvalue weighted by molar-refractivity contribution is 0.113. The number of ether oxygens (including phenoxy) is 1. The summed E-state index contributed by atoms with van der Waals surface area (Å²) in [5.41, 5.74) is 2.97. The summed E-state index contributed by atoms with van der Waals surface area (Å²) in [7, 11) is 0. The molecule has 1 fully saturated rings. The number of thioether (sulfide) groups is 1. The molecule has 2 heterocycles. The molecule has 0 aromatic heterocycles.